The molecule has 0 unspecified atom stereocenters. The lowest BCUT2D eigenvalue weighted by molar-refractivity contribution is 0.0526. The fourth-order valence-electron chi connectivity index (χ4n) is 1.74. The molecule has 7 heteroatoms. The number of nitrogens with one attached hydrogen (secondary N) is 2. The monoisotopic (exact) mass is 287 g/mol. The van der Waals surface area contributed by atoms with Gasteiger partial charge in [-0.1, -0.05) is 0 Å². The molecular weight excluding hydrogens is 270 g/mol. The second-order valence-electron chi connectivity index (χ2n) is 4.16. The van der Waals surface area contributed by atoms with Crippen LogP contribution >= 0.6 is 0 Å². The molecule has 0 fully saturated rings. The third kappa shape index (κ3) is 3.38. The van der Waals surface area contributed by atoms with Crippen molar-refractivity contribution in [1.82, 2.24) is 9.97 Å². The number of aromatic nitrogens is 2. The molecule has 0 saturated heterocycles. The summed E-state index contributed by atoms with van der Waals surface area (Å²) < 4.78 is 4.93. The van der Waals surface area contributed by atoms with Gasteiger partial charge >= 0.3 is 5.97 Å². The lowest BCUT2D eigenvalue weighted by Crippen LogP contribution is -2.06. The zero-order valence-electron chi connectivity index (χ0n) is 11.9. The van der Waals surface area contributed by atoms with Crippen LogP contribution in [-0.4, -0.2) is 29.6 Å². The van der Waals surface area contributed by atoms with Gasteiger partial charge in [0.15, 0.2) is 11.6 Å². The first-order valence-electron chi connectivity index (χ1n) is 6.48. The Morgan fingerprint density at radius 1 is 1.24 bits per heavy atom. The van der Waals surface area contributed by atoms with E-state index < -0.39 is 0 Å². The predicted molar refractivity (Wildman–Crippen MR) is 81.7 cm³/mol. The number of hydrogen-bond acceptors (Lipinski definition) is 7. The zero-order valence-corrected chi connectivity index (χ0v) is 11.9. The van der Waals surface area contributed by atoms with E-state index >= 15 is 0 Å². The first-order chi connectivity index (χ1) is 10.2. The first kappa shape index (κ1) is 14.6. The Labute approximate surface area is 122 Å². The van der Waals surface area contributed by atoms with Crippen molar-refractivity contribution >= 4 is 29.0 Å². The largest absolute Gasteiger partial charge is 0.462 e. The van der Waals surface area contributed by atoms with Gasteiger partial charge in [-0.2, -0.15) is 0 Å². The lowest BCUT2D eigenvalue weighted by Gasteiger charge is -2.11. The third-order valence-electron chi connectivity index (χ3n) is 2.78. The Balaban J connectivity index is 2.15. The van der Waals surface area contributed by atoms with E-state index in [9.17, 15) is 4.79 Å². The van der Waals surface area contributed by atoms with Gasteiger partial charge < -0.3 is 21.1 Å². The smallest absolute Gasteiger partial charge is 0.338 e. The van der Waals surface area contributed by atoms with Crippen molar-refractivity contribution in [2.75, 3.05) is 30.0 Å². The van der Waals surface area contributed by atoms with Crippen molar-refractivity contribution in [3.63, 3.8) is 0 Å². The summed E-state index contributed by atoms with van der Waals surface area (Å²) in [5.74, 6) is 0.706. The molecule has 7 nitrogen and oxygen atoms in total. The number of benzene rings is 1. The fourth-order valence-corrected chi connectivity index (χ4v) is 1.74. The van der Waals surface area contributed by atoms with Crippen molar-refractivity contribution in [3.05, 3.63) is 36.2 Å². The molecule has 0 aliphatic carbocycles. The molecule has 2 aromatic rings. The van der Waals surface area contributed by atoms with Crippen LogP contribution in [0.3, 0.4) is 0 Å². The summed E-state index contributed by atoms with van der Waals surface area (Å²) in [5, 5.41) is 5.96. The average Bonchev–Trinajstić information content (AvgIpc) is 2.50. The average molecular weight is 287 g/mol. The first-order valence-corrected chi connectivity index (χ1v) is 6.48. The molecule has 0 aliphatic heterocycles. The summed E-state index contributed by atoms with van der Waals surface area (Å²) in [7, 11) is 1.73. The van der Waals surface area contributed by atoms with Crippen LogP contribution in [-0.2, 0) is 4.74 Å². The van der Waals surface area contributed by atoms with Crippen LogP contribution < -0.4 is 16.4 Å². The van der Waals surface area contributed by atoms with Gasteiger partial charge in [-0.3, -0.25) is 0 Å². The molecule has 0 aliphatic rings. The van der Waals surface area contributed by atoms with Gasteiger partial charge in [0.05, 0.1) is 12.2 Å². The van der Waals surface area contributed by atoms with Gasteiger partial charge in [0.1, 0.15) is 12.0 Å². The molecule has 0 spiro atoms. The Morgan fingerprint density at radius 3 is 2.52 bits per heavy atom. The molecule has 21 heavy (non-hydrogen) atoms. The van der Waals surface area contributed by atoms with E-state index in [1.165, 1.54) is 6.33 Å². The summed E-state index contributed by atoms with van der Waals surface area (Å²) in [4.78, 5) is 19.7. The number of nitrogens with zero attached hydrogens (tertiary/aromatic N) is 2. The molecule has 1 aromatic carbocycles. The molecule has 0 bridgehead atoms. The zero-order chi connectivity index (χ0) is 15.2. The summed E-state index contributed by atoms with van der Waals surface area (Å²) in [6, 6.07) is 6.87. The Kier molecular flexibility index (Phi) is 4.55. The van der Waals surface area contributed by atoms with Gasteiger partial charge in [0.2, 0.25) is 0 Å². The van der Waals surface area contributed by atoms with E-state index in [4.69, 9.17) is 10.5 Å². The number of ether oxygens (including phenoxy) is 1. The highest BCUT2D eigenvalue weighted by Gasteiger charge is 2.08. The number of nitrogens with two attached hydrogens (primary N) is 1. The molecule has 0 radical (unpaired) electrons. The number of anilines is 4. The van der Waals surface area contributed by atoms with Crippen molar-refractivity contribution in [1.29, 1.82) is 0 Å². The number of hydrogen-bond donors (Lipinski definition) is 3. The summed E-state index contributed by atoms with van der Waals surface area (Å²) in [6.07, 6.45) is 1.41. The number of carbonyl (C=O) groups excluding carboxylic acids is 1. The number of rotatable bonds is 5. The van der Waals surface area contributed by atoms with Crippen LogP contribution in [0.25, 0.3) is 0 Å². The van der Waals surface area contributed by atoms with Gasteiger partial charge in [0, 0.05) is 12.7 Å². The van der Waals surface area contributed by atoms with E-state index in [1.807, 2.05) is 0 Å². The van der Waals surface area contributed by atoms with E-state index in [2.05, 4.69) is 20.6 Å². The third-order valence-corrected chi connectivity index (χ3v) is 2.78. The minimum Gasteiger partial charge on any atom is -0.462 e. The maximum Gasteiger partial charge on any atom is 0.338 e. The highest BCUT2D eigenvalue weighted by Crippen LogP contribution is 2.25. The van der Waals surface area contributed by atoms with Crippen LogP contribution in [0.15, 0.2) is 30.6 Å². The van der Waals surface area contributed by atoms with Crippen molar-refractivity contribution < 1.29 is 9.53 Å². The Bertz CT molecular complexity index is 628. The molecular formula is C14H17N5O2. The molecule has 1 aromatic heterocycles. The van der Waals surface area contributed by atoms with Crippen molar-refractivity contribution in [2.45, 2.75) is 6.92 Å². The predicted octanol–water partition coefficient (Wildman–Crippen LogP) is 2.02. The van der Waals surface area contributed by atoms with Crippen LogP contribution in [0.2, 0.25) is 0 Å². The molecule has 4 N–H and O–H groups in total. The number of esters is 1. The minimum absolute atomic E-state index is 0.344. The minimum atomic E-state index is -0.344. The standard InChI is InChI=1S/C14H17N5O2/c1-3-21-14(20)9-4-6-10(7-5-9)19-13-11(15)12(16-2)17-8-18-13/h4-8H,3,15H2,1-2H3,(H2,16,17,18,19). The van der Waals surface area contributed by atoms with Crippen LogP contribution in [0.5, 0.6) is 0 Å². The van der Waals surface area contributed by atoms with Gasteiger partial charge in [-0.05, 0) is 31.2 Å². The Hall–Kier alpha value is -2.83. The normalized spacial score (nSPS) is 10.0. The highest BCUT2D eigenvalue weighted by molar-refractivity contribution is 5.90. The number of nitrogen functional groups attached to an aromatic ring is 1. The van der Waals surface area contributed by atoms with Crippen LogP contribution in [0.1, 0.15) is 17.3 Å². The van der Waals surface area contributed by atoms with E-state index in [0.717, 1.165) is 5.69 Å². The van der Waals surface area contributed by atoms with E-state index in [-0.39, 0.29) is 5.97 Å². The summed E-state index contributed by atoms with van der Waals surface area (Å²) >= 11 is 0. The highest BCUT2D eigenvalue weighted by atomic mass is 16.5. The quantitative estimate of drug-likeness (QED) is 0.723. The van der Waals surface area contributed by atoms with Crippen molar-refractivity contribution in [3.8, 4) is 0 Å². The van der Waals surface area contributed by atoms with E-state index in [0.29, 0.717) is 29.5 Å². The second kappa shape index (κ2) is 6.56. The molecule has 110 valence electrons. The molecule has 0 amide bonds. The lowest BCUT2D eigenvalue weighted by atomic mass is 10.2. The summed E-state index contributed by atoms with van der Waals surface area (Å²) in [5.41, 5.74) is 7.61. The van der Waals surface area contributed by atoms with Gasteiger partial charge in [0.25, 0.3) is 0 Å². The van der Waals surface area contributed by atoms with Crippen LogP contribution in [0, 0.1) is 0 Å². The SMILES string of the molecule is CCOC(=O)c1ccc(Nc2ncnc(NC)c2N)cc1. The van der Waals surface area contributed by atoms with Gasteiger partial charge in [-0.25, -0.2) is 14.8 Å². The van der Waals surface area contributed by atoms with Gasteiger partial charge in [-0.15, -0.1) is 0 Å². The topological polar surface area (TPSA) is 102 Å². The summed E-state index contributed by atoms with van der Waals surface area (Å²) in [6.45, 7) is 2.12. The molecule has 0 saturated carbocycles. The Morgan fingerprint density at radius 2 is 1.90 bits per heavy atom. The fraction of sp³-hybridized carbons (Fsp3) is 0.214. The van der Waals surface area contributed by atoms with E-state index in [1.54, 1.807) is 38.2 Å². The molecule has 2 rings (SSSR count). The second-order valence-corrected chi connectivity index (χ2v) is 4.16. The maximum absolute atomic E-state index is 11.6. The maximum atomic E-state index is 11.6. The number of carbonyl (C=O) groups is 1. The molecule has 0 atom stereocenters. The molecule has 1 heterocycles. The van der Waals surface area contributed by atoms with Crippen LogP contribution in [0.4, 0.5) is 23.0 Å². The van der Waals surface area contributed by atoms with Crippen molar-refractivity contribution in [2.24, 2.45) is 0 Å².